The molecule has 7 nitrogen and oxygen atoms in total. The summed E-state index contributed by atoms with van der Waals surface area (Å²) in [6.45, 7) is 1.56. The number of carboxylic acids is 1. The number of rotatable bonds is 3. The van der Waals surface area contributed by atoms with Crippen LogP contribution in [0.3, 0.4) is 0 Å². The van der Waals surface area contributed by atoms with Gasteiger partial charge in [0, 0.05) is 0 Å². The lowest BCUT2D eigenvalue weighted by atomic mass is 9.85. The van der Waals surface area contributed by atoms with E-state index in [-0.39, 0.29) is 30.3 Å². The first-order valence-corrected chi connectivity index (χ1v) is 5.98. The maximum atomic E-state index is 12.1. The lowest BCUT2D eigenvalue weighted by Crippen LogP contribution is -2.49. The maximum Gasteiger partial charge on any atom is 0.313 e. The van der Waals surface area contributed by atoms with E-state index in [4.69, 9.17) is 4.74 Å². The van der Waals surface area contributed by atoms with E-state index in [9.17, 15) is 24.9 Å². The average molecular weight is 281 g/mol. The number of phenols is 2. The monoisotopic (exact) mass is 281 g/mol. The molecule has 0 aliphatic carbocycles. The first kappa shape index (κ1) is 14.1. The molecule has 0 aromatic heterocycles. The van der Waals surface area contributed by atoms with Crippen LogP contribution in [-0.2, 0) is 9.53 Å². The molecule has 20 heavy (non-hydrogen) atoms. The highest BCUT2D eigenvalue weighted by Crippen LogP contribution is 2.30. The number of benzene rings is 1. The SMILES string of the molecule is CC1(C(=O)O)COCC1NC(=O)c1cc(O)ccc1O. The minimum atomic E-state index is -1.22. The number of ether oxygens (including phenoxy) is 1. The number of hydrogen-bond donors (Lipinski definition) is 4. The molecule has 1 aromatic rings. The first-order valence-electron chi connectivity index (χ1n) is 5.98. The van der Waals surface area contributed by atoms with Crippen molar-refractivity contribution in [3.8, 4) is 11.5 Å². The van der Waals surface area contributed by atoms with Crippen molar-refractivity contribution in [1.29, 1.82) is 0 Å². The average Bonchev–Trinajstić information content (AvgIpc) is 2.75. The third-order valence-corrected chi connectivity index (χ3v) is 3.47. The van der Waals surface area contributed by atoms with Crippen molar-refractivity contribution >= 4 is 11.9 Å². The Bertz CT molecular complexity index is 558. The Morgan fingerprint density at radius 1 is 1.40 bits per heavy atom. The van der Waals surface area contributed by atoms with Gasteiger partial charge in [-0.3, -0.25) is 9.59 Å². The van der Waals surface area contributed by atoms with Crippen molar-refractivity contribution in [2.24, 2.45) is 5.41 Å². The van der Waals surface area contributed by atoms with Gasteiger partial charge in [0.2, 0.25) is 0 Å². The van der Waals surface area contributed by atoms with Crippen LogP contribution in [0.2, 0.25) is 0 Å². The van der Waals surface area contributed by atoms with Crippen molar-refractivity contribution in [3.05, 3.63) is 23.8 Å². The van der Waals surface area contributed by atoms with Gasteiger partial charge in [-0.2, -0.15) is 0 Å². The van der Waals surface area contributed by atoms with Crippen LogP contribution in [0, 0.1) is 5.41 Å². The summed E-state index contributed by atoms with van der Waals surface area (Å²) in [6.07, 6.45) is 0. The smallest absolute Gasteiger partial charge is 0.313 e. The molecule has 2 unspecified atom stereocenters. The second-order valence-corrected chi connectivity index (χ2v) is 4.97. The summed E-state index contributed by atoms with van der Waals surface area (Å²) >= 11 is 0. The van der Waals surface area contributed by atoms with Gasteiger partial charge in [-0.15, -0.1) is 0 Å². The predicted molar refractivity (Wildman–Crippen MR) is 67.6 cm³/mol. The molecule has 1 saturated heterocycles. The highest BCUT2D eigenvalue weighted by Gasteiger charge is 2.47. The number of aliphatic carboxylic acids is 1. The lowest BCUT2D eigenvalue weighted by molar-refractivity contribution is -0.148. The van der Waals surface area contributed by atoms with E-state index >= 15 is 0 Å². The minimum Gasteiger partial charge on any atom is -0.508 e. The number of nitrogens with one attached hydrogen (secondary N) is 1. The van der Waals surface area contributed by atoms with Crippen LogP contribution in [0.4, 0.5) is 0 Å². The summed E-state index contributed by atoms with van der Waals surface area (Å²) in [4.78, 5) is 23.3. The van der Waals surface area contributed by atoms with Gasteiger partial charge in [-0.1, -0.05) is 0 Å². The Balaban J connectivity index is 2.19. The Labute approximate surface area is 114 Å². The van der Waals surface area contributed by atoms with Crippen LogP contribution in [0.25, 0.3) is 0 Å². The molecule has 4 N–H and O–H groups in total. The molecule has 1 fully saturated rings. The highest BCUT2D eigenvalue weighted by molar-refractivity contribution is 5.97. The summed E-state index contributed by atoms with van der Waals surface area (Å²) in [5.74, 6) is -2.20. The van der Waals surface area contributed by atoms with E-state index in [0.29, 0.717) is 0 Å². The number of carbonyl (C=O) groups excluding carboxylic acids is 1. The van der Waals surface area contributed by atoms with E-state index < -0.39 is 23.3 Å². The summed E-state index contributed by atoms with van der Waals surface area (Å²) in [7, 11) is 0. The van der Waals surface area contributed by atoms with Crippen molar-refractivity contribution in [3.63, 3.8) is 0 Å². The zero-order valence-electron chi connectivity index (χ0n) is 10.8. The van der Waals surface area contributed by atoms with E-state index in [1.54, 1.807) is 0 Å². The van der Waals surface area contributed by atoms with Gasteiger partial charge in [0.1, 0.15) is 16.9 Å². The quantitative estimate of drug-likeness (QED) is 0.593. The van der Waals surface area contributed by atoms with Crippen LogP contribution in [0.15, 0.2) is 18.2 Å². The first-order chi connectivity index (χ1) is 9.34. The molecular weight excluding hydrogens is 266 g/mol. The second kappa shape index (κ2) is 5.01. The van der Waals surface area contributed by atoms with Gasteiger partial charge in [-0.25, -0.2) is 0 Å². The molecule has 0 radical (unpaired) electrons. The van der Waals surface area contributed by atoms with Crippen molar-refractivity contribution in [1.82, 2.24) is 5.32 Å². The minimum absolute atomic E-state index is 0.000693. The number of amides is 1. The third kappa shape index (κ3) is 2.39. The van der Waals surface area contributed by atoms with Gasteiger partial charge >= 0.3 is 5.97 Å². The zero-order valence-corrected chi connectivity index (χ0v) is 10.8. The Hall–Kier alpha value is -2.28. The molecule has 108 valence electrons. The highest BCUT2D eigenvalue weighted by atomic mass is 16.5. The molecule has 1 heterocycles. The summed E-state index contributed by atoms with van der Waals surface area (Å²) < 4.78 is 5.12. The Kier molecular flexibility index (Phi) is 3.54. The van der Waals surface area contributed by atoms with Crippen LogP contribution in [0.5, 0.6) is 11.5 Å². The second-order valence-electron chi connectivity index (χ2n) is 4.97. The zero-order chi connectivity index (χ0) is 14.9. The van der Waals surface area contributed by atoms with Crippen molar-refractivity contribution in [2.45, 2.75) is 13.0 Å². The fraction of sp³-hybridized carbons (Fsp3) is 0.385. The Morgan fingerprint density at radius 2 is 2.10 bits per heavy atom. The van der Waals surface area contributed by atoms with E-state index in [1.807, 2.05) is 0 Å². The van der Waals surface area contributed by atoms with Gasteiger partial charge in [-0.05, 0) is 25.1 Å². The van der Waals surface area contributed by atoms with E-state index in [0.717, 1.165) is 6.07 Å². The fourth-order valence-electron chi connectivity index (χ4n) is 2.03. The largest absolute Gasteiger partial charge is 0.508 e. The van der Waals surface area contributed by atoms with Gasteiger partial charge in [0.25, 0.3) is 5.91 Å². The molecule has 1 aromatic carbocycles. The number of carbonyl (C=O) groups is 2. The predicted octanol–water partition coefficient (Wildman–Crippen LogP) is 0.317. The molecule has 0 spiro atoms. The van der Waals surface area contributed by atoms with Crippen LogP contribution >= 0.6 is 0 Å². The molecule has 1 aliphatic rings. The summed E-state index contributed by atoms with van der Waals surface area (Å²) in [6, 6.07) is 2.82. The number of carboxylic acid groups (broad SMARTS) is 1. The summed E-state index contributed by atoms with van der Waals surface area (Å²) in [5.41, 5.74) is -1.34. The lowest BCUT2D eigenvalue weighted by Gasteiger charge is -2.25. The number of hydrogen-bond acceptors (Lipinski definition) is 5. The fourth-order valence-corrected chi connectivity index (χ4v) is 2.03. The molecule has 2 rings (SSSR count). The molecular formula is C13H15NO6. The van der Waals surface area contributed by atoms with Crippen molar-refractivity contribution < 1.29 is 29.6 Å². The normalized spacial score (nSPS) is 25.4. The van der Waals surface area contributed by atoms with Gasteiger partial charge < -0.3 is 25.4 Å². The van der Waals surface area contributed by atoms with E-state index in [2.05, 4.69) is 5.32 Å². The standard InChI is InChI=1S/C13H15NO6/c1-13(12(18)19)6-20-5-10(13)14-11(17)8-4-7(15)2-3-9(8)16/h2-4,10,15-16H,5-6H2,1H3,(H,14,17)(H,18,19). The molecule has 7 heteroatoms. The third-order valence-electron chi connectivity index (χ3n) is 3.47. The molecule has 1 amide bonds. The molecule has 0 bridgehead atoms. The van der Waals surface area contributed by atoms with Gasteiger partial charge in [0.15, 0.2) is 0 Å². The van der Waals surface area contributed by atoms with Crippen molar-refractivity contribution in [2.75, 3.05) is 13.2 Å². The van der Waals surface area contributed by atoms with Crippen LogP contribution in [-0.4, -0.2) is 46.5 Å². The topological polar surface area (TPSA) is 116 Å². The number of aromatic hydroxyl groups is 2. The molecule has 2 atom stereocenters. The van der Waals surface area contributed by atoms with Crippen LogP contribution < -0.4 is 5.32 Å². The maximum absolute atomic E-state index is 12.1. The molecule has 0 saturated carbocycles. The molecule has 1 aliphatic heterocycles. The van der Waals surface area contributed by atoms with Gasteiger partial charge in [0.05, 0.1) is 24.8 Å². The Morgan fingerprint density at radius 3 is 2.75 bits per heavy atom. The number of phenolic OH excluding ortho intramolecular Hbond substituents is 2. The van der Waals surface area contributed by atoms with E-state index in [1.165, 1.54) is 19.1 Å². The van der Waals surface area contributed by atoms with Crippen LogP contribution in [0.1, 0.15) is 17.3 Å². The summed E-state index contributed by atoms with van der Waals surface area (Å²) in [5, 5.41) is 30.7.